The minimum absolute atomic E-state index is 0.642. The molecule has 0 radical (unpaired) electrons. The van der Waals surface area contributed by atoms with Crippen LogP contribution in [0.2, 0.25) is 0 Å². The van der Waals surface area contributed by atoms with Crippen LogP contribution in [0.4, 0.5) is 0 Å². The highest BCUT2D eigenvalue weighted by molar-refractivity contribution is 7.98. The average Bonchev–Trinajstić information content (AvgIpc) is 2.76. The summed E-state index contributed by atoms with van der Waals surface area (Å²) in [5.41, 5.74) is 0. The summed E-state index contributed by atoms with van der Waals surface area (Å²) in [5, 5.41) is 3.75. The van der Waals surface area contributed by atoms with Crippen molar-refractivity contribution in [1.29, 1.82) is 0 Å². The lowest BCUT2D eigenvalue weighted by Crippen LogP contribution is -2.41. The molecule has 0 bridgehead atoms. The van der Waals surface area contributed by atoms with Crippen LogP contribution >= 0.6 is 11.8 Å². The van der Waals surface area contributed by atoms with Crippen molar-refractivity contribution in [3.63, 3.8) is 0 Å². The second-order valence-corrected chi connectivity index (χ2v) is 5.47. The minimum Gasteiger partial charge on any atom is -0.381 e. The Hall–Kier alpha value is 0.270. The second-order valence-electron chi connectivity index (χ2n) is 4.49. The summed E-state index contributed by atoms with van der Waals surface area (Å²) in [5.74, 6) is 2.00. The lowest BCUT2D eigenvalue weighted by molar-refractivity contribution is 0.173. The van der Waals surface area contributed by atoms with Crippen molar-refractivity contribution >= 4 is 11.8 Å². The first-order valence-corrected chi connectivity index (χ1v) is 7.50. The zero-order chi connectivity index (χ0) is 11.1. The number of hydrogen-bond acceptors (Lipinski definition) is 3. The van der Waals surface area contributed by atoms with Crippen LogP contribution in [0.3, 0.4) is 0 Å². The van der Waals surface area contributed by atoms with Gasteiger partial charge in [0.2, 0.25) is 0 Å². The minimum atomic E-state index is 0.642. The Bertz CT molecular complexity index is 160. The van der Waals surface area contributed by atoms with Crippen molar-refractivity contribution < 1.29 is 4.74 Å². The van der Waals surface area contributed by atoms with Gasteiger partial charge in [0.05, 0.1) is 6.61 Å². The molecular weight excluding hydrogens is 206 g/mol. The summed E-state index contributed by atoms with van der Waals surface area (Å²) in [4.78, 5) is 0. The smallest absolute Gasteiger partial charge is 0.0510 e. The van der Waals surface area contributed by atoms with Gasteiger partial charge in [0.1, 0.15) is 0 Å². The molecule has 1 aliphatic heterocycles. The fraction of sp³-hybridized carbons (Fsp3) is 1.00. The first-order chi connectivity index (χ1) is 7.27. The summed E-state index contributed by atoms with van der Waals surface area (Å²) >= 11 is 1.93. The fourth-order valence-electron chi connectivity index (χ4n) is 2.20. The molecule has 90 valence electrons. The molecule has 1 aliphatic rings. The third kappa shape index (κ3) is 4.75. The van der Waals surface area contributed by atoms with Crippen LogP contribution in [0.25, 0.3) is 0 Å². The molecule has 1 N–H and O–H groups in total. The van der Waals surface area contributed by atoms with Gasteiger partial charge >= 0.3 is 0 Å². The van der Waals surface area contributed by atoms with Gasteiger partial charge in [0.25, 0.3) is 0 Å². The summed E-state index contributed by atoms with van der Waals surface area (Å²) in [6, 6.07) is 1.30. The van der Waals surface area contributed by atoms with Gasteiger partial charge in [-0.05, 0) is 44.1 Å². The summed E-state index contributed by atoms with van der Waals surface area (Å²) < 4.78 is 5.46. The first-order valence-electron chi connectivity index (χ1n) is 6.10. The normalized spacial score (nSPS) is 25.4. The molecule has 0 aromatic carbocycles. The quantitative estimate of drug-likeness (QED) is 0.727. The van der Waals surface area contributed by atoms with E-state index in [1.54, 1.807) is 0 Å². The number of nitrogens with one attached hydrogen (secondary N) is 1. The number of hydrogen-bond donors (Lipinski definition) is 1. The molecule has 3 atom stereocenters. The van der Waals surface area contributed by atoms with Gasteiger partial charge in [-0.3, -0.25) is 0 Å². The van der Waals surface area contributed by atoms with E-state index in [0.717, 1.165) is 19.1 Å². The predicted molar refractivity (Wildman–Crippen MR) is 68.6 cm³/mol. The van der Waals surface area contributed by atoms with Crippen LogP contribution in [0.15, 0.2) is 0 Å². The molecule has 3 heteroatoms. The third-order valence-corrected chi connectivity index (χ3v) is 3.87. The molecule has 1 rings (SSSR count). The zero-order valence-electron chi connectivity index (χ0n) is 10.3. The predicted octanol–water partition coefficient (Wildman–Crippen LogP) is 2.53. The van der Waals surface area contributed by atoms with Crippen molar-refractivity contribution in [2.75, 3.05) is 25.2 Å². The molecule has 0 aromatic heterocycles. The maximum atomic E-state index is 5.46. The van der Waals surface area contributed by atoms with Gasteiger partial charge in [0, 0.05) is 18.7 Å². The Morgan fingerprint density at radius 1 is 1.53 bits per heavy atom. The largest absolute Gasteiger partial charge is 0.381 e. The highest BCUT2D eigenvalue weighted by Crippen LogP contribution is 2.19. The van der Waals surface area contributed by atoms with E-state index >= 15 is 0 Å². The highest BCUT2D eigenvalue weighted by Gasteiger charge is 2.24. The summed E-state index contributed by atoms with van der Waals surface area (Å²) in [7, 11) is 0. The third-order valence-electron chi connectivity index (χ3n) is 3.23. The number of ether oxygens (including phenoxy) is 1. The van der Waals surface area contributed by atoms with Crippen molar-refractivity contribution in [2.24, 2.45) is 5.92 Å². The van der Waals surface area contributed by atoms with Crippen molar-refractivity contribution in [3.8, 4) is 0 Å². The van der Waals surface area contributed by atoms with Crippen LogP contribution in [-0.4, -0.2) is 37.3 Å². The summed E-state index contributed by atoms with van der Waals surface area (Å²) in [6.07, 6.45) is 5.90. The van der Waals surface area contributed by atoms with Gasteiger partial charge in [-0.1, -0.05) is 6.92 Å². The van der Waals surface area contributed by atoms with E-state index in [4.69, 9.17) is 4.74 Å². The van der Waals surface area contributed by atoms with E-state index in [2.05, 4.69) is 25.4 Å². The van der Waals surface area contributed by atoms with E-state index in [1.165, 1.54) is 25.0 Å². The lowest BCUT2D eigenvalue weighted by Gasteiger charge is -2.26. The molecule has 1 fully saturated rings. The molecule has 1 heterocycles. The molecule has 0 spiro atoms. The van der Waals surface area contributed by atoms with Crippen molar-refractivity contribution in [1.82, 2.24) is 5.32 Å². The monoisotopic (exact) mass is 231 g/mol. The van der Waals surface area contributed by atoms with Crippen LogP contribution < -0.4 is 5.32 Å². The molecular formula is C12H25NOS. The van der Waals surface area contributed by atoms with Gasteiger partial charge in [-0.25, -0.2) is 0 Å². The van der Waals surface area contributed by atoms with Crippen LogP contribution in [0.1, 0.15) is 33.1 Å². The Balaban J connectivity index is 2.25. The van der Waals surface area contributed by atoms with E-state index < -0.39 is 0 Å². The highest BCUT2D eigenvalue weighted by atomic mass is 32.2. The molecule has 2 nitrogen and oxygen atoms in total. The Morgan fingerprint density at radius 3 is 2.87 bits per heavy atom. The van der Waals surface area contributed by atoms with Crippen LogP contribution in [-0.2, 0) is 4.74 Å². The molecule has 1 saturated heterocycles. The van der Waals surface area contributed by atoms with E-state index in [0.29, 0.717) is 12.1 Å². The maximum absolute atomic E-state index is 5.46. The van der Waals surface area contributed by atoms with Gasteiger partial charge < -0.3 is 10.1 Å². The van der Waals surface area contributed by atoms with E-state index in [9.17, 15) is 0 Å². The van der Waals surface area contributed by atoms with Crippen LogP contribution in [0.5, 0.6) is 0 Å². The second kappa shape index (κ2) is 7.53. The maximum Gasteiger partial charge on any atom is 0.0510 e. The number of thioether (sulfide) groups is 1. The molecule has 0 aliphatic carbocycles. The molecule has 0 saturated carbocycles. The Morgan fingerprint density at radius 2 is 2.33 bits per heavy atom. The van der Waals surface area contributed by atoms with Crippen molar-refractivity contribution in [3.05, 3.63) is 0 Å². The van der Waals surface area contributed by atoms with Gasteiger partial charge in [0.15, 0.2) is 0 Å². The molecule has 3 unspecified atom stereocenters. The zero-order valence-corrected chi connectivity index (χ0v) is 11.1. The Labute approximate surface area is 98.5 Å². The lowest BCUT2D eigenvalue weighted by atomic mass is 9.96. The van der Waals surface area contributed by atoms with Crippen LogP contribution in [0, 0.1) is 5.92 Å². The number of rotatable bonds is 7. The summed E-state index contributed by atoms with van der Waals surface area (Å²) in [6.45, 7) is 6.49. The Kier molecular flexibility index (Phi) is 6.69. The fourth-order valence-corrected chi connectivity index (χ4v) is 2.79. The average molecular weight is 231 g/mol. The molecule has 0 amide bonds. The van der Waals surface area contributed by atoms with Gasteiger partial charge in [-0.15, -0.1) is 0 Å². The van der Waals surface area contributed by atoms with Crippen molar-refractivity contribution in [2.45, 2.75) is 45.2 Å². The van der Waals surface area contributed by atoms with E-state index in [-0.39, 0.29) is 0 Å². The standard InChI is InChI=1S/C12H25NOS/c1-4-12(11-5-7-14-9-11)13-10(2)6-8-15-3/h10-13H,4-9H2,1-3H3. The first kappa shape index (κ1) is 13.3. The topological polar surface area (TPSA) is 21.3 Å². The van der Waals surface area contributed by atoms with E-state index in [1.807, 2.05) is 11.8 Å². The molecule has 15 heavy (non-hydrogen) atoms. The SMILES string of the molecule is CCC(NC(C)CCSC)C1CCOC1. The van der Waals surface area contributed by atoms with Gasteiger partial charge in [-0.2, -0.15) is 11.8 Å². The molecule has 0 aromatic rings.